The second-order valence-electron chi connectivity index (χ2n) is 3.85. The van der Waals surface area contributed by atoms with Crippen molar-refractivity contribution in [2.24, 2.45) is 0 Å². The topological polar surface area (TPSA) is 108 Å². The van der Waals surface area contributed by atoms with Crippen LogP contribution in [0.1, 0.15) is 6.42 Å². The summed E-state index contributed by atoms with van der Waals surface area (Å²) in [5.74, 6) is -1.30. The summed E-state index contributed by atoms with van der Waals surface area (Å²) in [5, 5.41) is 20.1. The first-order valence-electron chi connectivity index (χ1n) is 5.94. The molecular formula is C11H22N2O6. The fourth-order valence-corrected chi connectivity index (χ4v) is 1.27. The third-order valence-electron chi connectivity index (χ3n) is 2.40. The van der Waals surface area contributed by atoms with Crippen LogP contribution >= 0.6 is 0 Å². The van der Waals surface area contributed by atoms with E-state index in [1.807, 2.05) is 0 Å². The van der Waals surface area contributed by atoms with Gasteiger partial charge in [-0.3, -0.25) is 0 Å². The van der Waals surface area contributed by atoms with Gasteiger partial charge in [0, 0.05) is 40.3 Å². The summed E-state index contributed by atoms with van der Waals surface area (Å²) in [6, 6.07) is -0.341. The number of ether oxygens (including phenoxy) is 2. The normalized spacial score (nSPS) is 11.9. The summed E-state index contributed by atoms with van der Waals surface area (Å²) in [7, 11) is 3.07. The molecule has 8 nitrogen and oxygen atoms in total. The van der Waals surface area contributed by atoms with E-state index in [0.29, 0.717) is 26.3 Å². The smallest absolute Gasteiger partial charge is 0.332 e. The van der Waals surface area contributed by atoms with Crippen molar-refractivity contribution in [2.45, 2.75) is 12.5 Å². The molecule has 0 aromatic heterocycles. The van der Waals surface area contributed by atoms with Crippen molar-refractivity contribution >= 4 is 12.0 Å². The van der Waals surface area contributed by atoms with E-state index in [0.717, 1.165) is 0 Å². The van der Waals surface area contributed by atoms with Gasteiger partial charge >= 0.3 is 12.0 Å². The van der Waals surface area contributed by atoms with Crippen LogP contribution in [0.25, 0.3) is 0 Å². The molecule has 0 aliphatic carbocycles. The molecule has 2 amide bonds. The van der Waals surface area contributed by atoms with Crippen LogP contribution in [-0.2, 0) is 14.3 Å². The van der Waals surface area contributed by atoms with Crippen molar-refractivity contribution in [1.29, 1.82) is 0 Å². The Bertz CT molecular complexity index is 266. The zero-order valence-corrected chi connectivity index (χ0v) is 11.3. The second-order valence-corrected chi connectivity index (χ2v) is 3.85. The van der Waals surface area contributed by atoms with E-state index in [-0.39, 0.29) is 19.0 Å². The van der Waals surface area contributed by atoms with Gasteiger partial charge in [0.15, 0.2) is 6.10 Å². The standard InChI is InChI=1S/C11H22N2O6/c1-18-7-5-13(6-8-19-2)11(17)12-4-3-9(14)10(15)16/h9,14H,3-8H2,1-2H3,(H,12,17)(H,15,16)/t9-/m0/s1. The van der Waals surface area contributed by atoms with Crippen molar-refractivity contribution in [3.63, 3.8) is 0 Å². The van der Waals surface area contributed by atoms with E-state index < -0.39 is 12.1 Å². The minimum absolute atomic E-state index is 0.0382. The highest BCUT2D eigenvalue weighted by atomic mass is 16.5. The molecule has 1 atom stereocenters. The first-order chi connectivity index (χ1) is 9.02. The average Bonchev–Trinajstić information content (AvgIpc) is 2.38. The Morgan fingerprint density at radius 3 is 2.16 bits per heavy atom. The van der Waals surface area contributed by atoms with Crippen molar-refractivity contribution < 1.29 is 29.3 Å². The fourth-order valence-electron chi connectivity index (χ4n) is 1.27. The number of rotatable bonds is 10. The van der Waals surface area contributed by atoms with Crippen molar-refractivity contribution in [2.75, 3.05) is 47.1 Å². The third kappa shape index (κ3) is 8.36. The zero-order valence-electron chi connectivity index (χ0n) is 11.3. The predicted octanol–water partition coefficient (Wildman–Crippen LogP) is -0.874. The Balaban J connectivity index is 4.04. The molecule has 0 unspecified atom stereocenters. The maximum absolute atomic E-state index is 11.8. The number of hydrogen-bond acceptors (Lipinski definition) is 5. The van der Waals surface area contributed by atoms with Crippen LogP contribution in [0.5, 0.6) is 0 Å². The number of urea groups is 1. The molecule has 0 aliphatic rings. The number of carboxylic acid groups (broad SMARTS) is 1. The van der Waals surface area contributed by atoms with Crippen LogP contribution in [0.3, 0.4) is 0 Å². The minimum Gasteiger partial charge on any atom is -0.479 e. The van der Waals surface area contributed by atoms with E-state index >= 15 is 0 Å². The molecular weight excluding hydrogens is 256 g/mol. The van der Waals surface area contributed by atoms with Crippen molar-refractivity contribution in [1.82, 2.24) is 10.2 Å². The summed E-state index contributed by atoms with van der Waals surface area (Å²) >= 11 is 0. The van der Waals surface area contributed by atoms with E-state index in [4.69, 9.17) is 19.7 Å². The van der Waals surface area contributed by atoms with Gasteiger partial charge in [-0.25, -0.2) is 9.59 Å². The molecule has 0 aromatic carbocycles. The SMILES string of the molecule is COCCN(CCOC)C(=O)NCC[C@H](O)C(=O)O. The Morgan fingerprint density at radius 1 is 1.21 bits per heavy atom. The number of carbonyl (C=O) groups is 2. The average molecular weight is 278 g/mol. The van der Waals surface area contributed by atoms with Crippen LogP contribution in [0.4, 0.5) is 4.79 Å². The van der Waals surface area contributed by atoms with Crippen molar-refractivity contribution in [3.8, 4) is 0 Å². The molecule has 0 bridgehead atoms. The number of aliphatic hydroxyl groups is 1. The summed E-state index contributed by atoms with van der Waals surface area (Å²) in [6.07, 6.45) is -1.50. The van der Waals surface area contributed by atoms with Crippen LogP contribution in [0, 0.1) is 0 Å². The fraction of sp³-hybridized carbons (Fsp3) is 0.818. The highest BCUT2D eigenvalue weighted by molar-refractivity contribution is 5.74. The molecule has 8 heteroatoms. The summed E-state index contributed by atoms with van der Waals surface area (Å²) in [4.78, 5) is 23.7. The molecule has 0 saturated carbocycles. The highest BCUT2D eigenvalue weighted by Gasteiger charge is 2.15. The molecule has 112 valence electrons. The number of aliphatic carboxylic acids is 1. The van der Waals surface area contributed by atoms with E-state index in [2.05, 4.69) is 5.32 Å². The van der Waals surface area contributed by atoms with Crippen LogP contribution in [0.15, 0.2) is 0 Å². The first-order valence-corrected chi connectivity index (χ1v) is 5.94. The number of aliphatic hydroxyl groups excluding tert-OH is 1. The number of carboxylic acids is 1. The van der Waals surface area contributed by atoms with Gasteiger partial charge in [0.2, 0.25) is 0 Å². The lowest BCUT2D eigenvalue weighted by atomic mass is 10.2. The quantitative estimate of drug-likeness (QED) is 0.479. The largest absolute Gasteiger partial charge is 0.479 e. The van der Waals surface area contributed by atoms with Gasteiger partial charge < -0.3 is 29.9 Å². The van der Waals surface area contributed by atoms with Gasteiger partial charge in [0.1, 0.15) is 0 Å². The minimum atomic E-state index is -1.47. The monoisotopic (exact) mass is 278 g/mol. The molecule has 0 aromatic rings. The van der Waals surface area contributed by atoms with E-state index in [9.17, 15) is 9.59 Å². The van der Waals surface area contributed by atoms with Crippen LogP contribution < -0.4 is 5.32 Å². The third-order valence-corrected chi connectivity index (χ3v) is 2.40. The molecule has 0 rings (SSSR count). The zero-order chi connectivity index (χ0) is 14.7. The molecule has 19 heavy (non-hydrogen) atoms. The maximum Gasteiger partial charge on any atom is 0.332 e. The second kappa shape index (κ2) is 10.5. The van der Waals surface area contributed by atoms with Gasteiger partial charge in [0.25, 0.3) is 0 Å². The summed E-state index contributed by atoms with van der Waals surface area (Å²) < 4.78 is 9.79. The highest BCUT2D eigenvalue weighted by Crippen LogP contribution is 1.93. The molecule has 0 fully saturated rings. The lowest BCUT2D eigenvalue weighted by Crippen LogP contribution is -2.44. The van der Waals surface area contributed by atoms with Gasteiger partial charge in [-0.15, -0.1) is 0 Å². The summed E-state index contributed by atoms with van der Waals surface area (Å²) in [6.45, 7) is 1.70. The molecule has 0 heterocycles. The number of amides is 2. The number of hydrogen-bond donors (Lipinski definition) is 3. The van der Waals surface area contributed by atoms with Crippen molar-refractivity contribution in [3.05, 3.63) is 0 Å². The van der Waals surface area contributed by atoms with E-state index in [1.54, 1.807) is 0 Å². The molecule has 0 spiro atoms. The Morgan fingerprint density at radius 2 is 1.74 bits per heavy atom. The Hall–Kier alpha value is -1.38. The number of nitrogens with zero attached hydrogens (tertiary/aromatic N) is 1. The Labute approximate surface area is 112 Å². The lowest BCUT2D eigenvalue weighted by molar-refractivity contribution is -0.146. The molecule has 0 radical (unpaired) electrons. The number of carbonyl (C=O) groups excluding carboxylic acids is 1. The maximum atomic E-state index is 11.8. The number of nitrogens with one attached hydrogen (secondary N) is 1. The summed E-state index contributed by atoms with van der Waals surface area (Å²) in [5.41, 5.74) is 0. The molecule has 0 aliphatic heterocycles. The van der Waals surface area contributed by atoms with Gasteiger partial charge in [-0.1, -0.05) is 0 Å². The van der Waals surface area contributed by atoms with Gasteiger partial charge in [-0.05, 0) is 0 Å². The Kier molecular flexibility index (Phi) is 9.77. The van der Waals surface area contributed by atoms with E-state index in [1.165, 1.54) is 19.1 Å². The van der Waals surface area contributed by atoms with Gasteiger partial charge in [0.05, 0.1) is 13.2 Å². The van der Waals surface area contributed by atoms with Crippen LogP contribution in [-0.4, -0.2) is 80.3 Å². The molecule has 0 saturated heterocycles. The predicted molar refractivity (Wildman–Crippen MR) is 67.0 cm³/mol. The number of methoxy groups -OCH3 is 2. The van der Waals surface area contributed by atoms with Gasteiger partial charge in [-0.2, -0.15) is 0 Å². The lowest BCUT2D eigenvalue weighted by Gasteiger charge is -2.22. The first kappa shape index (κ1) is 17.6. The molecule has 3 N–H and O–H groups in total. The van der Waals surface area contributed by atoms with Crippen LogP contribution in [0.2, 0.25) is 0 Å².